The van der Waals surface area contributed by atoms with Crippen LogP contribution in [0.4, 0.5) is 0 Å². The van der Waals surface area contributed by atoms with Gasteiger partial charge in [0, 0.05) is 23.7 Å². The quantitative estimate of drug-likeness (QED) is 0.827. The fourth-order valence-corrected chi connectivity index (χ4v) is 1.68. The molecule has 2 aromatic heterocycles. The summed E-state index contributed by atoms with van der Waals surface area (Å²) in [7, 11) is 0. The molecule has 6 heteroatoms. The summed E-state index contributed by atoms with van der Waals surface area (Å²) in [6.45, 7) is 3.59. The highest BCUT2D eigenvalue weighted by molar-refractivity contribution is 5.94. The molecule has 0 bridgehead atoms. The van der Waals surface area contributed by atoms with E-state index in [1.807, 2.05) is 0 Å². The van der Waals surface area contributed by atoms with Crippen LogP contribution < -0.4 is 5.56 Å². The topological polar surface area (TPSA) is 95.9 Å². The molecule has 92 valence electrons. The molecular weight excluding hydrogens is 234 g/mol. The van der Waals surface area contributed by atoms with Crippen molar-refractivity contribution in [1.29, 1.82) is 0 Å². The third kappa shape index (κ3) is 2.27. The molecule has 0 radical (unpaired) electrons. The van der Waals surface area contributed by atoms with Gasteiger partial charge in [0.05, 0.1) is 11.1 Å². The molecule has 0 unspecified atom stereocenters. The van der Waals surface area contributed by atoms with Gasteiger partial charge in [0.25, 0.3) is 0 Å². The molecule has 0 atom stereocenters. The van der Waals surface area contributed by atoms with Crippen LogP contribution in [0.1, 0.15) is 21.7 Å². The van der Waals surface area contributed by atoms with Gasteiger partial charge in [-0.1, -0.05) is 0 Å². The van der Waals surface area contributed by atoms with E-state index < -0.39 is 11.5 Å². The maximum atomic E-state index is 11.2. The van der Waals surface area contributed by atoms with E-state index in [-0.39, 0.29) is 5.56 Å². The van der Waals surface area contributed by atoms with Crippen molar-refractivity contribution in [3.8, 4) is 11.4 Å². The first kappa shape index (κ1) is 12.0. The molecule has 2 rings (SSSR count). The molecule has 0 saturated carbocycles. The van der Waals surface area contributed by atoms with Gasteiger partial charge in [-0.3, -0.25) is 4.79 Å². The first-order valence-corrected chi connectivity index (χ1v) is 5.26. The fraction of sp³-hybridized carbons (Fsp3) is 0.167. The molecule has 0 spiro atoms. The minimum Gasteiger partial charge on any atom is -0.478 e. The Morgan fingerprint density at radius 3 is 2.39 bits per heavy atom. The van der Waals surface area contributed by atoms with E-state index in [2.05, 4.69) is 15.0 Å². The normalized spacial score (nSPS) is 10.3. The molecule has 0 aromatic carbocycles. The molecule has 0 saturated heterocycles. The number of H-pyrrole nitrogens is 1. The van der Waals surface area contributed by atoms with E-state index in [9.17, 15) is 9.59 Å². The van der Waals surface area contributed by atoms with E-state index in [4.69, 9.17) is 5.11 Å². The molecule has 6 nitrogen and oxygen atoms in total. The van der Waals surface area contributed by atoms with Gasteiger partial charge < -0.3 is 10.1 Å². The van der Waals surface area contributed by atoms with E-state index in [0.29, 0.717) is 11.4 Å². The number of carboxylic acids is 1. The van der Waals surface area contributed by atoms with Crippen molar-refractivity contribution in [2.24, 2.45) is 0 Å². The number of carboxylic acid groups (broad SMARTS) is 1. The maximum absolute atomic E-state index is 11.2. The van der Waals surface area contributed by atoms with Gasteiger partial charge in [0.1, 0.15) is 0 Å². The highest BCUT2D eigenvalue weighted by Crippen LogP contribution is 2.18. The smallest absolute Gasteiger partial charge is 0.336 e. The zero-order valence-electron chi connectivity index (χ0n) is 9.89. The second-order valence-corrected chi connectivity index (χ2v) is 3.90. The lowest BCUT2D eigenvalue weighted by Crippen LogP contribution is -2.11. The van der Waals surface area contributed by atoms with Gasteiger partial charge in [-0.25, -0.2) is 14.8 Å². The zero-order valence-corrected chi connectivity index (χ0v) is 9.89. The lowest BCUT2D eigenvalue weighted by atomic mass is 10.1. The molecule has 0 aliphatic rings. The van der Waals surface area contributed by atoms with Crippen LogP contribution in [0.3, 0.4) is 0 Å². The monoisotopic (exact) mass is 245 g/mol. The van der Waals surface area contributed by atoms with E-state index in [0.717, 1.165) is 17.5 Å². The summed E-state index contributed by atoms with van der Waals surface area (Å²) in [5, 5.41) is 9.08. The van der Waals surface area contributed by atoms with Crippen LogP contribution in [0.2, 0.25) is 0 Å². The number of hydrogen-bond donors (Lipinski definition) is 2. The van der Waals surface area contributed by atoms with Gasteiger partial charge in [-0.15, -0.1) is 0 Å². The molecule has 18 heavy (non-hydrogen) atoms. The number of aromatic carboxylic acids is 1. The number of pyridine rings is 1. The average Bonchev–Trinajstić information content (AvgIpc) is 2.27. The largest absolute Gasteiger partial charge is 0.478 e. The van der Waals surface area contributed by atoms with Gasteiger partial charge in [0.15, 0.2) is 5.82 Å². The second-order valence-electron chi connectivity index (χ2n) is 3.90. The number of aromatic nitrogens is 3. The maximum Gasteiger partial charge on any atom is 0.336 e. The molecule has 0 aliphatic carbocycles. The van der Waals surface area contributed by atoms with Crippen LogP contribution in [0.25, 0.3) is 11.4 Å². The summed E-state index contributed by atoms with van der Waals surface area (Å²) in [6, 6.07) is 2.81. The Morgan fingerprint density at radius 1 is 1.22 bits per heavy atom. The Kier molecular flexibility index (Phi) is 2.93. The summed E-state index contributed by atoms with van der Waals surface area (Å²) in [6.07, 6.45) is 1.32. The summed E-state index contributed by atoms with van der Waals surface area (Å²) < 4.78 is 0. The summed E-state index contributed by atoms with van der Waals surface area (Å²) in [5.74, 6) is -0.889. The highest BCUT2D eigenvalue weighted by atomic mass is 16.4. The van der Waals surface area contributed by atoms with Crippen molar-refractivity contribution in [3.63, 3.8) is 0 Å². The molecule has 2 N–H and O–H groups in total. The van der Waals surface area contributed by atoms with Gasteiger partial charge >= 0.3 is 5.97 Å². The van der Waals surface area contributed by atoms with Crippen LogP contribution >= 0.6 is 0 Å². The SMILES string of the molecule is Cc1cc(C)nc(-c2c[nH]c(=O)cc2C(=O)O)n1. The second kappa shape index (κ2) is 4.40. The molecule has 0 aliphatic heterocycles. The first-order valence-electron chi connectivity index (χ1n) is 5.26. The molecule has 2 heterocycles. The summed E-state index contributed by atoms with van der Waals surface area (Å²) >= 11 is 0. The van der Waals surface area contributed by atoms with Gasteiger partial charge in [-0.2, -0.15) is 0 Å². The molecular formula is C12H11N3O3. The van der Waals surface area contributed by atoms with Crippen LogP contribution in [-0.2, 0) is 0 Å². The van der Waals surface area contributed by atoms with Crippen LogP contribution in [0.15, 0.2) is 23.1 Å². The number of nitrogens with one attached hydrogen (secondary N) is 1. The van der Waals surface area contributed by atoms with E-state index in [1.54, 1.807) is 19.9 Å². The van der Waals surface area contributed by atoms with E-state index >= 15 is 0 Å². The molecule has 0 amide bonds. The average molecular weight is 245 g/mol. The minimum absolute atomic E-state index is 0.108. The first-order chi connectivity index (χ1) is 8.47. The lowest BCUT2D eigenvalue weighted by Gasteiger charge is -2.05. The van der Waals surface area contributed by atoms with Gasteiger partial charge in [0.2, 0.25) is 5.56 Å². The van der Waals surface area contributed by atoms with Crippen molar-refractivity contribution in [1.82, 2.24) is 15.0 Å². The molecule has 2 aromatic rings. The number of rotatable bonds is 2. The Hall–Kier alpha value is -2.50. The number of hydrogen-bond acceptors (Lipinski definition) is 4. The van der Waals surface area contributed by atoms with Crippen molar-refractivity contribution < 1.29 is 9.90 Å². The van der Waals surface area contributed by atoms with Crippen molar-refractivity contribution in [3.05, 3.63) is 45.6 Å². The van der Waals surface area contributed by atoms with Crippen LogP contribution in [0.5, 0.6) is 0 Å². The molecule has 0 fully saturated rings. The highest BCUT2D eigenvalue weighted by Gasteiger charge is 2.15. The van der Waals surface area contributed by atoms with Gasteiger partial charge in [-0.05, 0) is 19.9 Å². The van der Waals surface area contributed by atoms with Crippen molar-refractivity contribution >= 4 is 5.97 Å². The number of nitrogens with zero attached hydrogens (tertiary/aromatic N) is 2. The summed E-state index contributed by atoms with van der Waals surface area (Å²) in [4.78, 5) is 33.1. The number of carbonyl (C=O) groups is 1. The standard InChI is InChI=1S/C12H11N3O3/c1-6-3-7(2)15-11(14-6)9-5-13-10(16)4-8(9)12(17)18/h3-5H,1-2H3,(H,13,16)(H,17,18). The van der Waals surface area contributed by atoms with Crippen molar-refractivity contribution in [2.75, 3.05) is 0 Å². The lowest BCUT2D eigenvalue weighted by molar-refractivity contribution is 0.0697. The Labute approximate surface area is 102 Å². The number of aryl methyl sites for hydroxylation is 2. The van der Waals surface area contributed by atoms with E-state index in [1.165, 1.54) is 6.20 Å². The predicted molar refractivity (Wildman–Crippen MR) is 64.5 cm³/mol. The minimum atomic E-state index is -1.18. The predicted octanol–water partition coefficient (Wildman–Crippen LogP) is 1.15. The summed E-state index contributed by atoms with van der Waals surface area (Å²) in [5.41, 5.74) is 1.19. The van der Waals surface area contributed by atoms with Crippen molar-refractivity contribution in [2.45, 2.75) is 13.8 Å². The Balaban J connectivity index is 2.70. The van der Waals surface area contributed by atoms with Crippen LogP contribution in [0, 0.1) is 13.8 Å². The number of aromatic amines is 1. The Morgan fingerprint density at radius 2 is 1.83 bits per heavy atom. The van der Waals surface area contributed by atoms with Crippen LogP contribution in [-0.4, -0.2) is 26.0 Å². The third-order valence-electron chi connectivity index (χ3n) is 2.38. The third-order valence-corrected chi connectivity index (χ3v) is 2.38. The zero-order chi connectivity index (χ0) is 13.3. The Bertz CT molecular complexity index is 656. The fourth-order valence-electron chi connectivity index (χ4n) is 1.68.